The Kier molecular flexibility index (Phi) is 4.66. The van der Waals surface area contributed by atoms with Gasteiger partial charge < -0.3 is 14.8 Å². The second kappa shape index (κ2) is 6.45. The molecule has 19 heavy (non-hydrogen) atoms. The van der Waals surface area contributed by atoms with Crippen molar-refractivity contribution in [1.29, 1.82) is 0 Å². The summed E-state index contributed by atoms with van der Waals surface area (Å²) in [6, 6.07) is 7.47. The minimum absolute atomic E-state index is 0.186. The molecule has 1 saturated carbocycles. The van der Waals surface area contributed by atoms with Crippen LogP contribution in [0.25, 0.3) is 0 Å². The molecule has 1 aromatic carbocycles. The van der Waals surface area contributed by atoms with Gasteiger partial charge in [-0.3, -0.25) is 0 Å². The Bertz CT molecular complexity index is 412. The molecule has 1 aromatic rings. The lowest BCUT2D eigenvalue weighted by molar-refractivity contribution is -0.142. The standard InChI is InChI=1S/C15H21NO3/c1-3-10-19-13-8-6-12(7-9-13)16-14(11-4-5-11)15(17)18-2/h6-9,11,14,16H,3-5,10H2,1-2H3. The van der Waals surface area contributed by atoms with Gasteiger partial charge in [-0.2, -0.15) is 0 Å². The van der Waals surface area contributed by atoms with Crippen LogP contribution in [0.3, 0.4) is 0 Å². The van der Waals surface area contributed by atoms with E-state index >= 15 is 0 Å². The Labute approximate surface area is 114 Å². The second-order valence-electron chi connectivity index (χ2n) is 4.86. The van der Waals surface area contributed by atoms with Crippen LogP contribution in [-0.4, -0.2) is 25.7 Å². The van der Waals surface area contributed by atoms with Gasteiger partial charge >= 0.3 is 5.97 Å². The first-order valence-electron chi connectivity index (χ1n) is 6.81. The molecule has 1 N–H and O–H groups in total. The number of nitrogens with one attached hydrogen (secondary N) is 1. The zero-order chi connectivity index (χ0) is 13.7. The van der Waals surface area contributed by atoms with Gasteiger partial charge in [-0.1, -0.05) is 6.92 Å². The molecule has 0 radical (unpaired) electrons. The fourth-order valence-electron chi connectivity index (χ4n) is 1.97. The van der Waals surface area contributed by atoms with Gasteiger partial charge in [0.1, 0.15) is 11.8 Å². The minimum atomic E-state index is -0.229. The van der Waals surface area contributed by atoms with Crippen molar-refractivity contribution in [2.75, 3.05) is 19.0 Å². The van der Waals surface area contributed by atoms with Crippen LogP contribution >= 0.6 is 0 Å². The molecule has 0 amide bonds. The number of hydrogen-bond acceptors (Lipinski definition) is 4. The van der Waals surface area contributed by atoms with Crippen molar-refractivity contribution in [3.8, 4) is 5.75 Å². The molecule has 0 aromatic heterocycles. The fourth-order valence-corrected chi connectivity index (χ4v) is 1.97. The number of carbonyl (C=O) groups excluding carboxylic acids is 1. The topological polar surface area (TPSA) is 47.6 Å². The van der Waals surface area contributed by atoms with E-state index in [2.05, 4.69) is 12.2 Å². The summed E-state index contributed by atoms with van der Waals surface area (Å²) in [4.78, 5) is 11.7. The summed E-state index contributed by atoms with van der Waals surface area (Å²) >= 11 is 0. The van der Waals surface area contributed by atoms with Crippen LogP contribution in [0.5, 0.6) is 5.75 Å². The van der Waals surface area contributed by atoms with Gasteiger partial charge in [0.2, 0.25) is 0 Å². The smallest absolute Gasteiger partial charge is 0.328 e. The molecule has 4 nitrogen and oxygen atoms in total. The lowest BCUT2D eigenvalue weighted by Crippen LogP contribution is -2.32. The Morgan fingerprint density at radius 1 is 1.37 bits per heavy atom. The number of hydrogen-bond donors (Lipinski definition) is 1. The van der Waals surface area contributed by atoms with E-state index in [1.807, 2.05) is 24.3 Å². The van der Waals surface area contributed by atoms with Gasteiger partial charge in [0.05, 0.1) is 13.7 Å². The molecule has 0 aliphatic heterocycles. The first-order valence-corrected chi connectivity index (χ1v) is 6.81. The van der Waals surface area contributed by atoms with E-state index in [1.165, 1.54) is 7.11 Å². The quantitative estimate of drug-likeness (QED) is 0.768. The molecule has 1 atom stereocenters. The predicted octanol–water partition coefficient (Wildman–Crippen LogP) is 2.84. The number of methoxy groups -OCH3 is 1. The number of rotatable bonds is 7. The highest BCUT2D eigenvalue weighted by molar-refractivity contribution is 5.80. The summed E-state index contributed by atoms with van der Waals surface area (Å²) in [5.41, 5.74) is 0.922. The average Bonchev–Trinajstić information content (AvgIpc) is 3.27. The third kappa shape index (κ3) is 3.88. The first kappa shape index (κ1) is 13.7. The molecular weight excluding hydrogens is 242 g/mol. The first-order chi connectivity index (χ1) is 9.24. The van der Waals surface area contributed by atoms with E-state index in [4.69, 9.17) is 9.47 Å². The molecule has 0 bridgehead atoms. The van der Waals surface area contributed by atoms with Crippen LogP contribution in [0, 0.1) is 5.92 Å². The number of esters is 1. The molecule has 1 fully saturated rings. The molecular formula is C15H21NO3. The molecule has 1 aliphatic rings. The monoisotopic (exact) mass is 263 g/mol. The highest BCUT2D eigenvalue weighted by Gasteiger charge is 2.36. The van der Waals surface area contributed by atoms with Crippen LogP contribution in [0.15, 0.2) is 24.3 Å². The van der Waals surface area contributed by atoms with Gasteiger partial charge in [-0.15, -0.1) is 0 Å². The minimum Gasteiger partial charge on any atom is -0.494 e. The van der Waals surface area contributed by atoms with Gasteiger partial charge in [0, 0.05) is 5.69 Å². The molecule has 0 saturated heterocycles. The van der Waals surface area contributed by atoms with Gasteiger partial charge in [-0.05, 0) is 49.4 Å². The van der Waals surface area contributed by atoms with Gasteiger partial charge in [0.25, 0.3) is 0 Å². The third-order valence-corrected chi connectivity index (χ3v) is 3.20. The largest absolute Gasteiger partial charge is 0.494 e. The van der Waals surface area contributed by atoms with E-state index in [-0.39, 0.29) is 12.0 Å². The maximum atomic E-state index is 11.7. The fraction of sp³-hybridized carbons (Fsp3) is 0.533. The van der Waals surface area contributed by atoms with Crippen LogP contribution < -0.4 is 10.1 Å². The summed E-state index contributed by atoms with van der Waals surface area (Å²) in [6.07, 6.45) is 3.17. The van der Waals surface area contributed by atoms with Crippen molar-refractivity contribution in [3.05, 3.63) is 24.3 Å². The maximum absolute atomic E-state index is 11.7. The van der Waals surface area contributed by atoms with Crippen LogP contribution in [0.1, 0.15) is 26.2 Å². The Balaban J connectivity index is 1.95. The molecule has 1 unspecified atom stereocenters. The molecule has 2 rings (SSSR count). The van der Waals surface area contributed by atoms with E-state index < -0.39 is 0 Å². The number of carbonyl (C=O) groups is 1. The highest BCUT2D eigenvalue weighted by Crippen LogP contribution is 2.35. The van der Waals surface area contributed by atoms with E-state index in [9.17, 15) is 4.79 Å². The zero-order valence-corrected chi connectivity index (χ0v) is 11.5. The Hall–Kier alpha value is -1.71. The van der Waals surface area contributed by atoms with Crippen molar-refractivity contribution in [3.63, 3.8) is 0 Å². The van der Waals surface area contributed by atoms with Crippen molar-refractivity contribution < 1.29 is 14.3 Å². The molecule has 104 valence electrons. The normalized spacial score (nSPS) is 15.7. The van der Waals surface area contributed by atoms with E-state index in [1.54, 1.807) is 0 Å². The Morgan fingerprint density at radius 2 is 2.05 bits per heavy atom. The molecule has 1 aliphatic carbocycles. The van der Waals surface area contributed by atoms with Crippen molar-refractivity contribution in [2.45, 2.75) is 32.2 Å². The van der Waals surface area contributed by atoms with Crippen molar-refractivity contribution >= 4 is 11.7 Å². The summed E-state index contributed by atoms with van der Waals surface area (Å²) in [7, 11) is 1.43. The predicted molar refractivity (Wildman–Crippen MR) is 74.4 cm³/mol. The lowest BCUT2D eigenvalue weighted by Gasteiger charge is -2.17. The van der Waals surface area contributed by atoms with Gasteiger partial charge in [-0.25, -0.2) is 4.79 Å². The highest BCUT2D eigenvalue weighted by atomic mass is 16.5. The summed E-state index contributed by atoms with van der Waals surface area (Å²) < 4.78 is 10.4. The lowest BCUT2D eigenvalue weighted by atomic mass is 10.1. The van der Waals surface area contributed by atoms with Gasteiger partial charge in [0.15, 0.2) is 0 Å². The summed E-state index contributed by atoms with van der Waals surface area (Å²) in [6.45, 7) is 2.80. The number of benzene rings is 1. The SMILES string of the molecule is CCCOc1ccc(NC(C(=O)OC)C2CC2)cc1. The average molecular weight is 263 g/mol. The van der Waals surface area contributed by atoms with E-state index in [0.29, 0.717) is 5.92 Å². The molecule has 4 heteroatoms. The Morgan fingerprint density at radius 3 is 2.58 bits per heavy atom. The van der Waals surface area contributed by atoms with Crippen LogP contribution in [0.2, 0.25) is 0 Å². The van der Waals surface area contributed by atoms with E-state index in [0.717, 1.165) is 37.3 Å². The van der Waals surface area contributed by atoms with Crippen LogP contribution in [0.4, 0.5) is 5.69 Å². The molecule has 0 spiro atoms. The third-order valence-electron chi connectivity index (χ3n) is 3.20. The number of ether oxygens (including phenoxy) is 2. The maximum Gasteiger partial charge on any atom is 0.328 e. The summed E-state index contributed by atoms with van der Waals surface area (Å²) in [5.74, 6) is 1.07. The number of anilines is 1. The second-order valence-corrected chi connectivity index (χ2v) is 4.86. The molecule has 0 heterocycles. The van der Waals surface area contributed by atoms with Crippen molar-refractivity contribution in [1.82, 2.24) is 0 Å². The summed E-state index contributed by atoms with van der Waals surface area (Å²) in [5, 5.41) is 3.24. The zero-order valence-electron chi connectivity index (χ0n) is 11.5. The van der Waals surface area contributed by atoms with Crippen LogP contribution in [-0.2, 0) is 9.53 Å². The van der Waals surface area contributed by atoms with Crippen molar-refractivity contribution in [2.24, 2.45) is 5.92 Å².